The first kappa shape index (κ1) is 28.9. The number of alkyl halides is 1. The molecule has 4 rings (SSSR count). The molecule has 0 amide bonds. The standard InChI is InChI=1S/C27H39FN8O2S/c1-16(2)21-12-32-26(36-13-19(14-36)18(4)39(29)37)17(3)20(21)11-25(30-5)33-24-7-9-31-27(34-24)35-10-8-23(38-6)22(28)15-35/h7,9,11-12,16,18-19,22-23,29,39H,5,8,10,13-15H2,1-4,6H3,(H,31,33,34)/b25-11+/t18-,22+,23-/m0/s1. The second-order valence-corrected chi connectivity index (χ2v) is 12.0. The van der Waals surface area contributed by atoms with Crippen LogP contribution in [0.5, 0.6) is 0 Å². The quantitative estimate of drug-likeness (QED) is 0.295. The largest absolute Gasteiger partial charge is 0.378 e. The average molecular weight is 559 g/mol. The van der Waals surface area contributed by atoms with Crippen LogP contribution in [0, 0.1) is 17.6 Å². The molecule has 2 saturated heterocycles. The molecule has 2 fully saturated rings. The van der Waals surface area contributed by atoms with Gasteiger partial charge in [0.25, 0.3) is 0 Å². The fraction of sp³-hybridized carbons (Fsp3) is 0.556. The molecule has 2 N–H and O–H groups in total. The van der Waals surface area contributed by atoms with E-state index in [2.05, 4.69) is 45.7 Å². The first-order valence-corrected chi connectivity index (χ1v) is 14.6. The van der Waals surface area contributed by atoms with Crippen molar-refractivity contribution in [1.82, 2.24) is 15.0 Å². The highest BCUT2D eigenvalue weighted by Gasteiger charge is 2.34. The summed E-state index contributed by atoms with van der Waals surface area (Å²) in [6.07, 6.45) is 4.55. The molecule has 1 unspecified atom stereocenters. The van der Waals surface area contributed by atoms with E-state index >= 15 is 0 Å². The van der Waals surface area contributed by atoms with Gasteiger partial charge >= 0.3 is 0 Å². The molecule has 212 valence electrons. The maximum atomic E-state index is 14.4. The van der Waals surface area contributed by atoms with Crippen LogP contribution in [0.15, 0.2) is 29.3 Å². The number of hydrogen-bond donors (Lipinski definition) is 3. The summed E-state index contributed by atoms with van der Waals surface area (Å²) in [6, 6.07) is 1.74. The third-order valence-corrected chi connectivity index (χ3v) is 8.84. The van der Waals surface area contributed by atoms with Crippen LogP contribution >= 0.6 is 0 Å². The van der Waals surface area contributed by atoms with Crippen molar-refractivity contribution in [2.45, 2.75) is 57.6 Å². The molecule has 2 aliphatic heterocycles. The lowest BCUT2D eigenvalue weighted by Crippen LogP contribution is -2.52. The zero-order chi connectivity index (χ0) is 28.3. The molecule has 0 aliphatic carbocycles. The maximum absolute atomic E-state index is 14.4. The van der Waals surface area contributed by atoms with Crippen molar-refractivity contribution in [3.8, 4) is 0 Å². The molecule has 10 nitrogen and oxygen atoms in total. The zero-order valence-electron chi connectivity index (χ0n) is 23.3. The number of aliphatic imine (C=N–C) groups is 1. The molecular weight excluding hydrogens is 519 g/mol. The van der Waals surface area contributed by atoms with Crippen molar-refractivity contribution in [2.75, 3.05) is 48.4 Å². The molecule has 2 aromatic rings. The van der Waals surface area contributed by atoms with Crippen molar-refractivity contribution >= 4 is 41.0 Å². The Labute approximate surface area is 231 Å². The zero-order valence-corrected chi connectivity index (χ0v) is 24.2. The highest BCUT2D eigenvalue weighted by atomic mass is 32.2. The Hall–Kier alpha value is -3.12. The monoisotopic (exact) mass is 558 g/mol. The summed E-state index contributed by atoms with van der Waals surface area (Å²) >= 11 is 0. The van der Waals surface area contributed by atoms with Crippen LogP contribution in [0.1, 0.15) is 49.8 Å². The minimum absolute atomic E-state index is 0.133. The van der Waals surface area contributed by atoms with Crippen LogP contribution < -0.4 is 15.1 Å². The molecule has 4 heterocycles. The van der Waals surface area contributed by atoms with Gasteiger partial charge in [-0.05, 0) is 61.7 Å². The van der Waals surface area contributed by atoms with Crippen LogP contribution in [-0.4, -0.2) is 76.7 Å². The van der Waals surface area contributed by atoms with E-state index in [4.69, 9.17) is 14.5 Å². The Morgan fingerprint density at radius 1 is 1.31 bits per heavy atom. The second-order valence-electron chi connectivity index (χ2n) is 10.5. The van der Waals surface area contributed by atoms with Gasteiger partial charge in [0.05, 0.1) is 12.6 Å². The van der Waals surface area contributed by atoms with E-state index in [0.717, 1.165) is 35.6 Å². The number of piperidine rings is 1. The van der Waals surface area contributed by atoms with Crippen molar-refractivity contribution < 1.29 is 13.3 Å². The lowest BCUT2D eigenvalue weighted by atomic mass is 9.92. The van der Waals surface area contributed by atoms with Gasteiger partial charge < -0.3 is 19.9 Å². The number of anilines is 3. The van der Waals surface area contributed by atoms with Crippen molar-refractivity contribution in [3.63, 3.8) is 0 Å². The first-order valence-electron chi connectivity index (χ1n) is 13.2. The summed E-state index contributed by atoms with van der Waals surface area (Å²) in [5.41, 5.74) is 3.10. The summed E-state index contributed by atoms with van der Waals surface area (Å²) in [5, 5.41) is 3.11. The third-order valence-electron chi connectivity index (χ3n) is 7.68. The van der Waals surface area contributed by atoms with E-state index in [9.17, 15) is 8.60 Å². The summed E-state index contributed by atoms with van der Waals surface area (Å²) < 4.78 is 38.9. The minimum Gasteiger partial charge on any atom is -0.378 e. The van der Waals surface area contributed by atoms with E-state index in [1.165, 1.54) is 7.11 Å². The number of thiol groups is 1. The summed E-state index contributed by atoms with van der Waals surface area (Å²) in [4.78, 5) is 21.9. The maximum Gasteiger partial charge on any atom is 0.227 e. The molecule has 0 saturated carbocycles. The number of aromatic nitrogens is 3. The molecule has 0 aromatic carbocycles. The number of nitrogens with zero attached hydrogens (tertiary/aromatic N) is 6. The Kier molecular flexibility index (Phi) is 9.16. The molecule has 0 radical (unpaired) electrons. The molecule has 12 heteroatoms. The minimum atomic E-state index is -1.94. The Bertz CT molecular complexity index is 1290. The van der Waals surface area contributed by atoms with Crippen LogP contribution in [-0.2, 0) is 15.3 Å². The SMILES string of the molecule is C=N/C(=C\c1c(C(C)C)cnc(N2CC([C@H](C)[SH](=N)=O)C2)c1C)Nc1ccnc(N2CC[C@H](OC)[C@H](F)C2)n1. The highest BCUT2D eigenvalue weighted by Crippen LogP contribution is 2.34. The molecule has 2 aromatic heterocycles. The third kappa shape index (κ3) is 6.38. The fourth-order valence-electron chi connectivity index (χ4n) is 5.08. The Balaban J connectivity index is 1.57. The van der Waals surface area contributed by atoms with Gasteiger partial charge in [-0.2, -0.15) is 4.98 Å². The predicted octanol–water partition coefficient (Wildman–Crippen LogP) is 4.05. The van der Waals surface area contributed by atoms with E-state index in [1.807, 2.05) is 31.0 Å². The number of nitrogens with one attached hydrogen (secondary N) is 2. The topological polar surface area (TPSA) is 120 Å². The van der Waals surface area contributed by atoms with Crippen molar-refractivity contribution in [2.24, 2.45) is 10.9 Å². The molecule has 0 bridgehead atoms. The second kappa shape index (κ2) is 12.4. The van der Waals surface area contributed by atoms with E-state index in [1.54, 1.807) is 12.3 Å². The number of pyridine rings is 1. The molecule has 0 spiro atoms. The summed E-state index contributed by atoms with van der Waals surface area (Å²) in [5.74, 6) is 2.83. The van der Waals surface area contributed by atoms with Crippen LogP contribution in [0.25, 0.3) is 6.08 Å². The van der Waals surface area contributed by atoms with E-state index in [0.29, 0.717) is 30.6 Å². The molecule has 39 heavy (non-hydrogen) atoms. The van der Waals surface area contributed by atoms with Gasteiger partial charge in [0, 0.05) is 60.9 Å². The van der Waals surface area contributed by atoms with Crippen molar-refractivity contribution in [3.05, 3.63) is 41.0 Å². The number of hydrogen-bond acceptors (Lipinski definition) is 10. The van der Waals surface area contributed by atoms with Gasteiger partial charge in [-0.1, -0.05) is 13.8 Å². The van der Waals surface area contributed by atoms with Gasteiger partial charge in [0.1, 0.15) is 23.6 Å². The van der Waals surface area contributed by atoms with Gasteiger partial charge in [0.15, 0.2) is 0 Å². The molecule has 2 aliphatic rings. The normalized spacial score (nSPS) is 22.0. The Morgan fingerprint density at radius 2 is 2.05 bits per heavy atom. The first-order chi connectivity index (χ1) is 18.6. The highest BCUT2D eigenvalue weighted by molar-refractivity contribution is 7.74. The van der Waals surface area contributed by atoms with Crippen LogP contribution in [0.2, 0.25) is 0 Å². The van der Waals surface area contributed by atoms with Crippen LogP contribution in [0.3, 0.4) is 0 Å². The number of rotatable bonds is 10. The number of methoxy groups -OCH3 is 1. The number of ether oxygens (including phenoxy) is 1. The number of halogens is 1. The smallest absolute Gasteiger partial charge is 0.227 e. The van der Waals surface area contributed by atoms with Gasteiger partial charge in [-0.15, -0.1) is 0 Å². The van der Waals surface area contributed by atoms with Gasteiger partial charge in [-0.3, -0.25) is 8.99 Å². The van der Waals surface area contributed by atoms with Gasteiger partial charge in [-0.25, -0.2) is 19.4 Å². The fourth-order valence-corrected chi connectivity index (χ4v) is 5.65. The lowest BCUT2D eigenvalue weighted by molar-refractivity contribution is 0.0194. The van der Waals surface area contributed by atoms with Crippen molar-refractivity contribution in [1.29, 1.82) is 4.78 Å². The Morgan fingerprint density at radius 3 is 2.67 bits per heavy atom. The summed E-state index contributed by atoms with van der Waals surface area (Å²) in [7, 11) is -0.410. The van der Waals surface area contributed by atoms with E-state index < -0.39 is 22.9 Å². The summed E-state index contributed by atoms with van der Waals surface area (Å²) in [6.45, 7) is 14.2. The predicted molar refractivity (Wildman–Crippen MR) is 156 cm³/mol. The average Bonchev–Trinajstić information content (AvgIpc) is 2.89. The molecular formula is C27H39FN8O2S. The lowest BCUT2D eigenvalue weighted by Gasteiger charge is -2.43. The molecule has 4 atom stereocenters. The van der Waals surface area contributed by atoms with E-state index in [-0.39, 0.29) is 23.6 Å². The van der Waals surface area contributed by atoms with Gasteiger partial charge in [0.2, 0.25) is 5.95 Å². The van der Waals surface area contributed by atoms with Crippen LogP contribution in [0.4, 0.5) is 22.0 Å².